The average molecular weight is 287 g/mol. The molecule has 0 saturated heterocycles. The Morgan fingerprint density at radius 3 is 3.00 bits per heavy atom. The highest BCUT2D eigenvalue weighted by Gasteiger charge is 2.19. The first-order valence-electron chi connectivity index (χ1n) is 7.07. The number of nitrogens with one attached hydrogen (secondary N) is 1. The summed E-state index contributed by atoms with van der Waals surface area (Å²) in [6, 6.07) is 3.13. The molecule has 1 aromatic carbocycles. The van der Waals surface area contributed by atoms with E-state index in [0.717, 1.165) is 23.2 Å². The van der Waals surface area contributed by atoms with Crippen LogP contribution in [0, 0.1) is 5.82 Å². The van der Waals surface area contributed by atoms with Crippen molar-refractivity contribution in [3.63, 3.8) is 0 Å². The number of hydrogen-bond donors (Lipinski definition) is 1. The molecule has 21 heavy (non-hydrogen) atoms. The van der Waals surface area contributed by atoms with Gasteiger partial charge < -0.3 is 10.1 Å². The Balaban J connectivity index is 2.00. The second-order valence-corrected chi connectivity index (χ2v) is 5.11. The minimum Gasteiger partial charge on any atom is -0.491 e. The topological polar surface area (TPSA) is 39.1 Å². The molecule has 0 unspecified atom stereocenters. The van der Waals surface area contributed by atoms with Gasteiger partial charge in [-0.1, -0.05) is 6.92 Å². The molecule has 0 radical (unpaired) electrons. The van der Waals surface area contributed by atoms with E-state index in [4.69, 9.17) is 4.74 Å². The van der Waals surface area contributed by atoms with Gasteiger partial charge in [0.05, 0.1) is 18.5 Å². The fourth-order valence-electron chi connectivity index (χ4n) is 2.41. The number of halogens is 1. The zero-order valence-electron chi connectivity index (χ0n) is 12.2. The Labute approximate surface area is 123 Å². The van der Waals surface area contributed by atoms with Crippen LogP contribution in [0.15, 0.2) is 24.5 Å². The van der Waals surface area contributed by atoms with E-state index < -0.39 is 0 Å². The molecule has 1 aliphatic rings. The molecule has 0 bridgehead atoms. The van der Waals surface area contributed by atoms with Crippen molar-refractivity contribution in [2.45, 2.75) is 13.3 Å². The zero-order valence-corrected chi connectivity index (χ0v) is 12.2. The summed E-state index contributed by atoms with van der Waals surface area (Å²) < 4.78 is 21.5. The van der Waals surface area contributed by atoms with E-state index in [1.54, 1.807) is 16.9 Å². The molecule has 0 atom stereocenters. The fraction of sp³-hybridized carbons (Fsp3) is 0.312. The van der Waals surface area contributed by atoms with Gasteiger partial charge >= 0.3 is 0 Å². The second-order valence-electron chi connectivity index (χ2n) is 5.11. The number of hydrogen-bond acceptors (Lipinski definition) is 3. The maximum atomic E-state index is 14.1. The monoisotopic (exact) mass is 287 g/mol. The van der Waals surface area contributed by atoms with Gasteiger partial charge in [0, 0.05) is 30.9 Å². The van der Waals surface area contributed by atoms with E-state index in [1.165, 1.54) is 6.07 Å². The SMILES string of the molecule is CCCOc1ccc(F)c2c1NCC(c1cnn(C)c1)=C2. The number of anilines is 1. The predicted molar refractivity (Wildman–Crippen MR) is 81.8 cm³/mol. The first-order valence-corrected chi connectivity index (χ1v) is 7.07. The maximum Gasteiger partial charge on any atom is 0.143 e. The number of aryl methyl sites for hydroxylation is 1. The predicted octanol–water partition coefficient (Wildman–Crippen LogP) is 3.31. The molecule has 1 aliphatic heterocycles. The van der Waals surface area contributed by atoms with Gasteiger partial charge in [-0.2, -0.15) is 5.10 Å². The molecule has 1 N–H and O–H groups in total. The molecule has 0 fully saturated rings. The quantitative estimate of drug-likeness (QED) is 0.937. The summed E-state index contributed by atoms with van der Waals surface area (Å²) in [5.41, 5.74) is 3.29. The van der Waals surface area contributed by atoms with E-state index in [-0.39, 0.29) is 5.82 Å². The molecule has 0 saturated carbocycles. The molecule has 5 heteroatoms. The van der Waals surface area contributed by atoms with Gasteiger partial charge in [-0.25, -0.2) is 4.39 Å². The number of fused-ring (bicyclic) bond motifs is 1. The third-order valence-electron chi connectivity index (χ3n) is 3.47. The molecule has 4 nitrogen and oxygen atoms in total. The van der Waals surface area contributed by atoms with Crippen LogP contribution in [0.3, 0.4) is 0 Å². The van der Waals surface area contributed by atoms with Gasteiger partial charge in [-0.15, -0.1) is 0 Å². The van der Waals surface area contributed by atoms with Crippen LogP contribution in [0.25, 0.3) is 11.6 Å². The summed E-state index contributed by atoms with van der Waals surface area (Å²) >= 11 is 0. The Morgan fingerprint density at radius 1 is 1.43 bits per heavy atom. The Hall–Kier alpha value is -2.30. The van der Waals surface area contributed by atoms with Crippen LogP contribution >= 0.6 is 0 Å². The summed E-state index contributed by atoms with van der Waals surface area (Å²) in [5, 5.41) is 7.43. The molecule has 2 aromatic rings. The van der Waals surface area contributed by atoms with Crippen LogP contribution in [0.4, 0.5) is 10.1 Å². The van der Waals surface area contributed by atoms with Crippen molar-refractivity contribution in [2.24, 2.45) is 7.05 Å². The largest absolute Gasteiger partial charge is 0.491 e. The number of benzene rings is 1. The Bertz CT molecular complexity index is 691. The Kier molecular flexibility index (Phi) is 3.64. The summed E-state index contributed by atoms with van der Waals surface area (Å²) in [7, 11) is 1.87. The third kappa shape index (κ3) is 2.63. The van der Waals surface area contributed by atoms with Gasteiger partial charge in [0.1, 0.15) is 11.6 Å². The standard InChI is InChI=1S/C16H18FN3O/c1-3-6-21-15-5-4-14(17)13-7-11(8-18-16(13)15)12-9-19-20(2)10-12/h4-5,7,9-10,18H,3,6,8H2,1-2H3. The highest BCUT2D eigenvalue weighted by Crippen LogP contribution is 2.37. The van der Waals surface area contributed by atoms with Crippen molar-refractivity contribution in [1.29, 1.82) is 0 Å². The lowest BCUT2D eigenvalue weighted by Crippen LogP contribution is -2.12. The van der Waals surface area contributed by atoms with Crippen molar-refractivity contribution in [2.75, 3.05) is 18.5 Å². The molecule has 2 heterocycles. The van der Waals surface area contributed by atoms with Crippen LogP contribution in [-0.4, -0.2) is 22.9 Å². The molecule has 0 amide bonds. The summed E-state index contributed by atoms with van der Waals surface area (Å²) in [4.78, 5) is 0. The minimum atomic E-state index is -0.248. The molecule has 1 aromatic heterocycles. The number of aromatic nitrogens is 2. The maximum absolute atomic E-state index is 14.1. The average Bonchev–Trinajstić information content (AvgIpc) is 2.93. The van der Waals surface area contributed by atoms with Crippen molar-refractivity contribution in [1.82, 2.24) is 9.78 Å². The zero-order chi connectivity index (χ0) is 14.8. The summed E-state index contributed by atoms with van der Waals surface area (Å²) in [6.45, 7) is 3.30. The van der Waals surface area contributed by atoms with Crippen LogP contribution < -0.4 is 10.1 Å². The molecular weight excluding hydrogens is 269 g/mol. The lowest BCUT2D eigenvalue weighted by molar-refractivity contribution is 0.318. The van der Waals surface area contributed by atoms with Crippen molar-refractivity contribution in [3.05, 3.63) is 41.5 Å². The molecule has 3 rings (SSSR count). The van der Waals surface area contributed by atoms with E-state index in [9.17, 15) is 4.39 Å². The molecular formula is C16H18FN3O. The van der Waals surface area contributed by atoms with E-state index in [1.807, 2.05) is 26.2 Å². The van der Waals surface area contributed by atoms with Crippen molar-refractivity contribution >= 4 is 17.3 Å². The first kappa shape index (κ1) is 13.7. The number of nitrogens with zero attached hydrogens (tertiary/aromatic N) is 2. The van der Waals surface area contributed by atoms with E-state index in [2.05, 4.69) is 10.4 Å². The van der Waals surface area contributed by atoms with Gasteiger partial charge in [0.25, 0.3) is 0 Å². The van der Waals surface area contributed by atoms with Gasteiger partial charge in [-0.05, 0) is 30.2 Å². The highest BCUT2D eigenvalue weighted by molar-refractivity contribution is 5.92. The molecule has 0 spiro atoms. The fourth-order valence-corrected chi connectivity index (χ4v) is 2.41. The van der Waals surface area contributed by atoms with Gasteiger partial charge in [-0.3, -0.25) is 4.68 Å². The normalized spacial score (nSPS) is 13.4. The third-order valence-corrected chi connectivity index (χ3v) is 3.47. The van der Waals surface area contributed by atoms with E-state index in [0.29, 0.717) is 24.5 Å². The highest BCUT2D eigenvalue weighted by atomic mass is 19.1. The summed E-state index contributed by atoms with van der Waals surface area (Å²) in [6.07, 6.45) is 6.50. The van der Waals surface area contributed by atoms with Gasteiger partial charge in [0.15, 0.2) is 0 Å². The number of rotatable bonds is 4. The van der Waals surface area contributed by atoms with Crippen LogP contribution in [0.2, 0.25) is 0 Å². The second kappa shape index (κ2) is 5.60. The lowest BCUT2D eigenvalue weighted by Gasteiger charge is -2.21. The van der Waals surface area contributed by atoms with E-state index >= 15 is 0 Å². The smallest absolute Gasteiger partial charge is 0.143 e. The first-order chi connectivity index (χ1) is 10.2. The molecule has 0 aliphatic carbocycles. The minimum absolute atomic E-state index is 0.248. The van der Waals surface area contributed by atoms with Crippen LogP contribution in [0.1, 0.15) is 24.5 Å². The van der Waals surface area contributed by atoms with Gasteiger partial charge in [0.2, 0.25) is 0 Å². The molecule has 110 valence electrons. The number of ether oxygens (including phenoxy) is 1. The van der Waals surface area contributed by atoms with Crippen molar-refractivity contribution in [3.8, 4) is 5.75 Å². The van der Waals surface area contributed by atoms with Crippen LogP contribution in [-0.2, 0) is 7.05 Å². The van der Waals surface area contributed by atoms with Crippen LogP contribution in [0.5, 0.6) is 5.75 Å². The summed E-state index contributed by atoms with van der Waals surface area (Å²) in [5.74, 6) is 0.456. The van der Waals surface area contributed by atoms with Crippen molar-refractivity contribution < 1.29 is 9.13 Å². The lowest BCUT2D eigenvalue weighted by atomic mass is 10.00. The Morgan fingerprint density at radius 2 is 2.29 bits per heavy atom.